The molecule has 0 saturated heterocycles. The van der Waals surface area contributed by atoms with Crippen LogP contribution < -0.4 is 15.6 Å². The van der Waals surface area contributed by atoms with Crippen molar-refractivity contribution in [2.45, 2.75) is 13.3 Å². The zero-order valence-electron chi connectivity index (χ0n) is 21.6. The number of ether oxygens (including phenoxy) is 1. The second kappa shape index (κ2) is 11.8. The minimum Gasteiger partial charge on any atom is -0.423 e. The van der Waals surface area contributed by atoms with Gasteiger partial charge in [-0.05, 0) is 47.0 Å². The molecule has 4 aromatic carbocycles. The Morgan fingerprint density at radius 3 is 2.00 bits per heavy atom. The summed E-state index contributed by atoms with van der Waals surface area (Å²) in [6, 6.07) is 33.0. The number of nitrogens with zero attached hydrogens (tertiary/aromatic N) is 1. The molecule has 1 aromatic heterocycles. The van der Waals surface area contributed by atoms with Crippen molar-refractivity contribution in [3.05, 3.63) is 136 Å². The van der Waals surface area contributed by atoms with Crippen LogP contribution in [-0.2, 0) is 4.79 Å². The lowest BCUT2D eigenvalue weighted by Crippen LogP contribution is -2.25. The number of pyridine rings is 1. The summed E-state index contributed by atoms with van der Waals surface area (Å²) >= 11 is 6.39. The molecule has 40 heavy (non-hydrogen) atoms. The molecule has 1 N–H and O–H groups in total. The lowest BCUT2D eigenvalue weighted by atomic mass is 10.0. The molecule has 0 fully saturated rings. The number of carbonyl (C=O) groups excluding carboxylic acids is 2. The Bertz CT molecular complexity index is 1730. The largest absolute Gasteiger partial charge is 0.423 e. The van der Waals surface area contributed by atoms with Gasteiger partial charge in [0.05, 0.1) is 10.7 Å². The summed E-state index contributed by atoms with van der Waals surface area (Å²) in [5.41, 5.74) is 3.73. The number of carbonyl (C=O) groups is 2. The van der Waals surface area contributed by atoms with Crippen LogP contribution in [0.4, 0.5) is 5.69 Å². The number of amides is 1. The number of nitrogens with one attached hydrogen (secondary N) is 1. The highest BCUT2D eigenvalue weighted by Gasteiger charge is 2.19. The molecule has 0 aliphatic rings. The van der Waals surface area contributed by atoms with Crippen LogP contribution in [-0.4, -0.2) is 16.4 Å². The summed E-state index contributed by atoms with van der Waals surface area (Å²) in [4.78, 5) is 39.2. The van der Waals surface area contributed by atoms with Gasteiger partial charge >= 0.3 is 5.97 Å². The van der Waals surface area contributed by atoms with Gasteiger partial charge in [0.2, 0.25) is 0 Å². The highest BCUT2D eigenvalue weighted by Crippen LogP contribution is 2.33. The first-order chi connectivity index (χ1) is 19.4. The molecule has 0 atom stereocenters. The van der Waals surface area contributed by atoms with Crippen LogP contribution in [0.1, 0.15) is 23.7 Å². The number of hydrogen-bond acceptors (Lipinski definition) is 4. The zero-order valence-corrected chi connectivity index (χ0v) is 22.4. The molecular weight excluding hydrogens is 524 g/mol. The summed E-state index contributed by atoms with van der Waals surface area (Å²) in [7, 11) is 0. The van der Waals surface area contributed by atoms with E-state index in [-0.39, 0.29) is 28.6 Å². The zero-order chi connectivity index (χ0) is 28.1. The standard InChI is InChI=1S/C33H25ClN2O4/c1-2-30(37)40-31-27(34)14-9-15-29(31)36-21-26(23-12-7-4-8-13-23)20-28(33(36)39)35-32(38)25-18-16-24(17-19-25)22-10-5-3-6-11-22/h3-21H,2H2,1H3,(H,35,38). The first-order valence-corrected chi connectivity index (χ1v) is 13.1. The minimum atomic E-state index is -0.509. The minimum absolute atomic E-state index is 0.0613. The molecule has 198 valence electrons. The van der Waals surface area contributed by atoms with Crippen molar-refractivity contribution in [1.82, 2.24) is 4.57 Å². The van der Waals surface area contributed by atoms with Gasteiger partial charge in [0, 0.05) is 23.7 Å². The molecule has 0 radical (unpaired) electrons. The molecule has 0 spiro atoms. The number of esters is 1. The van der Waals surface area contributed by atoms with E-state index >= 15 is 0 Å². The lowest BCUT2D eigenvalue weighted by Gasteiger charge is -2.16. The molecule has 7 heteroatoms. The van der Waals surface area contributed by atoms with E-state index in [1.807, 2.05) is 72.8 Å². The van der Waals surface area contributed by atoms with Crippen molar-refractivity contribution in [2.75, 3.05) is 5.32 Å². The second-order valence-electron chi connectivity index (χ2n) is 9.00. The Kier molecular flexibility index (Phi) is 7.89. The third-order valence-electron chi connectivity index (χ3n) is 6.34. The summed E-state index contributed by atoms with van der Waals surface area (Å²) in [6.45, 7) is 1.67. The van der Waals surface area contributed by atoms with Gasteiger partial charge in [-0.15, -0.1) is 0 Å². The SMILES string of the molecule is CCC(=O)Oc1c(Cl)cccc1-n1cc(-c2ccccc2)cc(NC(=O)c2ccc(-c3ccccc3)cc2)c1=O. The van der Waals surface area contributed by atoms with E-state index in [2.05, 4.69) is 5.32 Å². The highest BCUT2D eigenvalue weighted by molar-refractivity contribution is 6.32. The van der Waals surface area contributed by atoms with Crippen LogP contribution in [0.15, 0.2) is 120 Å². The third kappa shape index (κ3) is 5.72. The molecule has 0 aliphatic carbocycles. The molecule has 0 aliphatic heterocycles. The van der Waals surface area contributed by atoms with Gasteiger partial charge in [-0.2, -0.15) is 0 Å². The van der Waals surface area contributed by atoms with Gasteiger partial charge in [-0.25, -0.2) is 0 Å². The number of hydrogen-bond donors (Lipinski definition) is 1. The van der Waals surface area contributed by atoms with Crippen molar-refractivity contribution in [3.8, 4) is 33.7 Å². The van der Waals surface area contributed by atoms with E-state index in [1.165, 1.54) is 4.57 Å². The first-order valence-electron chi connectivity index (χ1n) is 12.7. The molecule has 5 aromatic rings. The van der Waals surface area contributed by atoms with Gasteiger partial charge in [0.1, 0.15) is 5.69 Å². The number of halogens is 1. The predicted octanol–water partition coefficient (Wildman–Crippen LogP) is 7.39. The smallest absolute Gasteiger partial charge is 0.311 e. The van der Waals surface area contributed by atoms with E-state index < -0.39 is 17.4 Å². The van der Waals surface area contributed by atoms with Gasteiger partial charge in [-0.3, -0.25) is 19.0 Å². The van der Waals surface area contributed by atoms with E-state index in [1.54, 1.807) is 49.5 Å². The molecule has 0 unspecified atom stereocenters. The molecule has 6 nitrogen and oxygen atoms in total. The van der Waals surface area contributed by atoms with Gasteiger partial charge in [0.25, 0.3) is 11.5 Å². The van der Waals surface area contributed by atoms with Gasteiger partial charge < -0.3 is 10.1 Å². The average molecular weight is 549 g/mol. The van der Waals surface area contributed by atoms with Gasteiger partial charge in [-0.1, -0.05) is 97.4 Å². The van der Waals surface area contributed by atoms with E-state index in [0.29, 0.717) is 11.1 Å². The van der Waals surface area contributed by atoms with E-state index in [9.17, 15) is 14.4 Å². The number of rotatable bonds is 7. The maximum Gasteiger partial charge on any atom is 0.311 e. The Balaban J connectivity index is 1.57. The Morgan fingerprint density at radius 1 is 0.775 bits per heavy atom. The lowest BCUT2D eigenvalue weighted by molar-refractivity contribution is -0.134. The van der Waals surface area contributed by atoms with Crippen molar-refractivity contribution >= 4 is 29.2 Å². The molecule has 5 rings (SSSR count). The fourth-order valence-electron chi connectivity index (χ4n) is 4.25. The Morgan fingerprint density at radius 2 is 1.38 bits per heavy atom. The third-order valence-corrected chi connectivity index (χ3v) is 6.63. The Labute approximate surface area is 236 Å². The Hall–Kier alpha value is -4.94. The molecule has 1 amide bonds. The number of anilines is 1. The topological polar surface area (TPSA) is 77.4 Å². The summed E-state index contributed by atoms with van der Waals surface area (Å²) in [5, 5.41) is 2.96. The predicted molar refractivity (Wildman–Crippen MR) is 158 cm³/mol. The molecule has 1 heterocycles. The van der Waals surface area contributed by atoms with Crippen LogP contribution in [0, 0.1) is 0 Å². The van der Waals surface area contributed by atoms with Crippen molar-refractivity contribution in [1.29, 1.82) is 0 Å². The van der Waals surface area contributed by atoms with Gasteiger partial charge in [0.15, 0.2) is 5.75 Å². The monoisotopic (exact) mass is 548 g/mol. The second-order valence-corrected chi connectivity index (χ2v) is 9.40. The number of aromatic nitrogens is 1. The van der Waals surface area contributed by atoms with Crippen LogP contribution >= 0.6 is 11.6 Å². The van der Waals surface area contributed by atoms with Crippen LogP contribution in [0.5, 0.6) is 5.75 Å². The van der Waals surface area contributed by atoms with Crippen LogP contribution in [0.3, 0.4) is 0 Å². The fourth-order valence-corrected chi connectivity index (χ4v) is 4.46. The van der Waals surface area contributed by atoms with Crippen LogP contribution in [0.2, 0.25) is 5.02 Å². The number of benzene rings is 4. The normalized spacial score (nSPS) is 10.7. The fraction of sp³-hybridized carbons (Fsp3) is 0.0606. The quantitative estimate of drug-likeness (QED) is 0.170. The van der Waals surface area contributed by atoms with E-state index in [0.717, 1.165) is 16.7 Å². The van der Waals surface area contributed by atoms with Crippen molar-refractivity contribution in [2.24, 2.45) is 0 Å². The summed E-state index contributed by atoms with van der Waals surface area (Å²) in [6.07, 6.45) is 1.77. The molecule has 0 bridgehead atoms. The average Bonchev–Trinajstić information content (AvgIpc) is 3.00. The highest BCUT2D eigenvalue weighted by atomic mass is 35.5. The van der Waals surface area contributed by atoms with Crippen molar-refractivity contribution < 1.29 is 14.3 Å². The maximum absolute atomic E-state index is 13.7. The molecule has 0 saturated carbocycles. The van der Waals surface area contributed by atoms with E-state index in [4.69, 9.17) is 16.3 Å². The number of para-hydroxylation sites is 1. The summed E-state index contributed by atoms with van der Waals surface area (Å²) < 4.78 is 6.83. The van der Waals surface area contributed by atoms with Crippen molar-refractivity contribution in [3.63, 3.8) is 0 Å². The summed E-state index contributed by atoms with van der Waals surface area (Å²) in [5.74, 6) is -0.858. The first kappa shape index (κ1) is 26.7. The van der Waals surface area contributed by atoms with Crippen LogP contribution in [0.25, 0.3) is 27.9 Å². The molecular formula is C33H25ClN2O4. The maximum atomic E-state index is 13.7.